The highest BCUT2D eigenvalue weighted by Gasteiger charge is 2.11. The summed E-state index contributed by atoms with van der Waals surface area (Å²) in [6, 6.07) is 21.3. The van der Waals surface area contributed by atoms with E-state index in [1.807, 2.05) is 62.4 Å². The Morgan fingerprint density at radius 2 is 1.55 bits per heavy atom. The van der Waals surface area contributed by atoms with Crippen LogP contribution in [0.1, 0.15) is 27.0 Å². The van der Waals surface area contributed by atoms with E-state index in [2.05, 4.69) is 0 Å². The molecule has 0 unspecified atom stereocenters. The highest BCUT2D eigenvalue weighted by Crippen LogP contribution is 2.20. The van der Waals surface area contributed by atoms with Gasteiger partial charge >= 0.3 is 11.9 Å². The second kappa shape index (κ2) is 9.55. The van der Waals surface area contributed by atoms with Gasteiger partial charge in [0.25, 0.3) is 0 Å². The fourth-order valence-corrected chi connectivity index (χ4v) is 2.64. The molecule has 148 valence electrons. The summed E-state index contributed by atoms with van der Waals surface area (Å²) in [5, 5.41) is 0. The molecule has 3 rings (SSSR count). The van der Waals surface area contributed by atoms with Gasteiger partial charge in [-0.3, -0.25) is 0 Å². The van der Waals surface area contributed by atoms with Crippen molar-refractivity contribution in [2.75, 3.05) is 6.61 Å². The third-order valence-corrected chi connectivity index (χ3v) is 4.43. The van der Waals surface area contributed by atoms with E-state index >= 15 is 0 Å². The van der Waals surface area contributed by atoms with Crippen LogP contribution < -0.4 is 9.47 Å². The summed E-state index contributed by atoms with van der Waals surface area (Å²) in [4.78, 5) is 24.1. The van der Waals surface area contributed by atoms with E-state index in [0.717, 1.165) is 16.7 Å². The molecule has 0 spiro atoms. The van der Waals surface area contributed by atoms with Crippen molar-refractivity contribution in [1.82, 2.24) is 0 Å². The molecule has 0 aliphatic rings. The average Bonchev–Trinajstić information content (AvgIpc) is 2.74. The Kier molecular flexibility index (Phi) is 6.63. The van der Waals surface area contributed by atoms with E-state index in [4.69, 9.17) is 14.2 Å². The van der Waals surface area contributed by atoms with Gasteiger partial charge in [-0.05, 0) is 60.9 Å². The fourth-order valence-electron chi connectivity index (χ4n) is 2.64. The second-order valence-corrected chi connectivity index (χ2v) is 6.55. The van der Waals surface area contributed by atoms with Gasteiger partial charge in [0, 0.05) is 0 Å². The lowest BCUT2D eigenvalue weighted by atomic mass is 10.1. The van der Waals surface area contributed by atoms with E-state index < -0.39 is 11.9 Å². The molecule has 0 bridgehead atoms. The van der Waals surface area contributed by atoms with Crippen LogP contribution in [-0.4, -0.2) is 18.5 Å². The van der Waals surface area contributed by atoms with Crippen molar-refractivity contribution in [2.45, 2.75) is 20.5 Å². The summed E-state index contributed by atoms with van der Waals surface area (Å²) in [5.41, 5.74) is 3.37. The third kappa shape index (κ3) is 5.69. The van der Waals surface area contributed by atoms with Crippen LogP contribution in [0.5, 0.6) is 11.5 Å². The van der Waals surface area contributed by atoms with Gasteiger partial charge in [-0.15, -0.1) is 0 Å². The predicted molar refractivity (Wildman–Crippen MR) is 109 cm³/mol. The molecule has 5 heteroatoms. The van der Waals surface area contributed by atoms with Crippen molar-refractivity contribution in [3.63, 3.8) is 0 Å². The quantitative estimate of drug-likeness (QED) is 0.434. The maximum atomic E-state index is 12.1. The average molecular weight is 390 g/mol. The van der Waals surface area contributed by atoms with E-state index in [-0.39, 0.29) is 13.2 Å². The van der Waals surface area contributed by atoms with Gasteiger partial charge in [-0.2, -0.15) is 0 Å². The van der Waals surface area contributed by atoms with E-state index in [1.165, 1.54) is 0 Å². The first-order chi connectivity index (χ1) is 14.0. The first-order valence-electron chi connectivity index (χ1n) is 9.24. The van der Waals surface area contributed by atoms with Crippen LogP contribution in [0, 0.1) is 13.8 Å². The lowest BCUT2D eigenvalue weighted by Crippen LogP contribution is -2.18. The molecular formula is C24H22O5. The number of esters is 2. The molecule has 0 heterocycles. The Morgan fingerprint density at radius 3 is 2.28 bits per heavy atom. The number of hydrogen-bond donors (Lipinski definition) is 0. The fraction of sp³-hybridized carbons (Fsp3) is 0.167. The molecular weight excluding hydrogens is 368 g/mol. The Labute approximate surface area is 169 Å². The van der Waals surface area contributed by atoms with Crippen molar-refractivity contribution >= 4 is 11.9 Å². The van der Waals surface area contributed by atoms with Gasteiger partial charge in [0.2, 0.25) is 0 Å². The minimum Gasteiger partial charge on any atom is -0.482 e. The van der Waals surface area contributed by atoms with Gasteiger partial charge in [0.1, 0.15) is 18.1 Å². The third-order valence-electron chi connectivity index (χ3n) is 4.43. The molecule has 0 aromatic heterocycles. The van der Waals surface area contributed by atoms with Crippen LogP contribution in [0.2, 0.25) is 0 Å². The molecule has 0 saturated carbocycles. The smallest absolute Gasteiger partial charge is 0.349 e. The van der Waals surface area contributed by atoms with Gasteiger partial charge in [-0.25, -0.2) is 9.59 Å². The summed E-state index contributed by atoms with van der Waals surface area (Å²) in [6.07, 6.45) is 0. The summed E-state index contributed by atoms with van der Waals surface area (Å²) in [6.45, 7) is 3.91. The highest BCUT2D eigenvalue weighted by atomic mass is 16.6. The van der Waals surface area contributed by atoms with Gasteiger partial charge in [0.15, 0.2) is 6.61 Å². The molecule has 0 saturated heterocycles. The summed E-state index contributed by atoms with van der Waals surface area (Å²) >= 11 is 0. The number of hydrogen-bond acceptors (Lipinski definition) is 5. The van der Waals surface area contributed by atoms with Crippen LogP contribution in [0.3, 0.4) is 0 Å². The van der Waals surface area contributed by atoms with E-state index in [0.29, 0.717) is 17.1 Å². The van der Waals surface area contributed by atoms with Gasteiger partial charge in [0.05, 0.1) is 5.56 Å². The van der Waals surface area contributed by atoms with Crippen LogP contribution in [0.25, 0.3) is 0 Å². The molecule has 0 amide bonds. The lowest BCUT2D eigenvalue weighted by Gasteiger charge is -2.10. The van der Waals surface area contributed by atoms with Gasteiger partial charge < -0.3 is 14.2 Å². The van der Waals surface area contributed by atoms with Crippen molar-refractivity contribution in [2.24, 2.45) is 0 Å². The van der Waals surface area contributed by atoms with Gasteiger partial charge in [-0.1, -0.05) is 42.5 Å². The number of benzene rings is 3. The number of ether oxygens (including phenoxy) is 3. The summed E-state index contributed by atoms with van der Waals surface area (Å²) in [7, 11) is 0. The standard InChI is InChI=1S/C24H22O5/c1-17-7-6-10-22(18(17)2)27-16-23(25)29-21-13-11-20(12-14-21)24(26)28-15-19-8-4-3-5-9-19/h3-14H,15-16H2,1-2H3. The molecule has 29 heavy (non-hydrogen) atoms. The maximum Gasteiger partial charge on any atom is 0.349 e. The van der Waals surface area contributed by atoms with Crippen molar-refractivity contribution in [1.29, 1.82) is 0 Å². The van der Waals surface area contributed by atoms with Crippen molar-refractivity contribution in [3.8, 4) is 11.5 Å². The second-order valence-electron chi connectivity index (χ2n) is 6.55. The largest absolute Gasteiger partial charge is 0.482 e. The lowest BCUT2D eigenvalue weighted by molar-refractivity contribution is -0.136. The SMILES string of the molecule is Cc1cccc(OCC(=O)Oc2ccc(C(=O)OCc3ccccc3)cc2)c1C. The van der Waals surface area contributed by atoms with Crippen LogP contribution in [-0.2, 0) is 16.1 Å². The zero-order valence-corrected chi connectivity index (χ0v) is 16.4. The molecule has 3 aromatic carbocycles. The Balaban J connectivity index is 1.50. The molecule has 3 aromatic rings. The van der Waals surface area contributed by atoms with E-state index in [1.54, 1.807) is 24.3 Å². The number of rotatable bonds is 7. The summed E-state index contributed by atoms with van der Waals surface area (Å²) in [5.74, 6) is 0.0212. The molecule has 0 radical (unpaired) electrons. The highest BCUT2D eigenvalue weighted by molar-refractivity contribution is 5.89. The van der Waals surface area contributed by atoms with Crippen molar-refractivity contribution in [3.05, 3.63) is 95.1 Å². The number of carbonyl (C=O) groups is 2. The van der Waals surface area contributed by atoms with Crippen molar-refractivity contribution < 1.29 is 23.8 Å². The topological polar surface area (TPSA) is 61.8 Å². The molecule has 0 aliphatic carbocycles. The Hall–Kier alpha value is -3.60. The normalized spacial score (nSPS) is 10.3. The minimum absolute atomic E-state index is 0.201. The Bertz CT molecular complexity index is 978. The molecule has 0 N–H and O–H groups in total. The van der Waals surface area contributed by atoms with Crippen LogP contribution in [0.15, 0.2) is 72.8 Å². The Morgan fingerprint density at radius 1 is 0.828 bits per heavy atom. The molecule has 0 atom stereocenters. The van der Waals surface area contributed by atoms with E-state index in [9.17, 15) is 9.59 Å². The predicted octanol–water partition coefficient (Wildman–Crippen LogP) is 4.64. The molecule has 0 aliphatic heterocycles. The zero-order valence-electron chi connectivity index (χ0n) is 16.4. The zero-order chi connectivity index (χ0) is 20.6. The molecule has 5 nitrogen and oxygen atoms in total. The number of aryl methyl sites for hydroxylation is 1. The first-order valence-corrected chi connectivity index (χ1v) is 9.24. The molecule has 0 fully saturated rings. The van der Waals surface area contributed by atoms with Crippen LogP contribution >= 0.6 is 0 Å². The monoisotopic (exact) mass is 390 g/mol. The summed E-state index contributed by atoms with van der Waals surface area (Å²) < 4.78 is 16.1. The first kappa shape index (κ1) is 20.1. The number of carbonyl (C=O) groups excluding carboxylic acids is 2. The van der Waals surface area contributed by atoms with Crippen LogP contribution in [0.4, 0.5) is 0 Å². The maximum absolute atomic E-state index is 12.1. The minimum atomic E-state index is -0.523.